The van der Waals surface area contributed by atoms with E-state index in [1.807, 2.05) is 41.8 Å². The standard InChI is InChI=1S/C18H14N2O3S/c21-16-4-1-9-20(16)13-7-5-12(6-8-13)17-19-15(18(22)23-17)11-14-3-2-10-24-14/h2-3,5-8,10-11H,1,4,9H2. The summed E-state index contributed by atoms with van der Waals surface area (Å²) in [5.74, 6) is -0.00662. The predicted molar refractivity (Wildman–Crippen MR) is 93.0 cm³/mol. The van der Waals surface area contributed by atoms with Crippen LogP contribution >= 0.6 is 11.3 Å². The Hall–Kier alpha value is -2.73. The summed E-state index contributed by atoms with van der Waals surface area (Å²) >= 11 is 1.53. The molecular weight excluding hydrogens is 324 g/mol. The topological polar surface area (TPSA) is 59.0 Å². The molecule has 0 spiro atoms. The van der Waals surface area contributed by atoms with Crippen LogP contribution in [0.2, 0.25) is 0 Å². The van der Waals surface area contributed by atoms with E-state index < -0.39 is 5.97 Å². The first kappa shape index (κ1) is 14.8. The zero-order valence-corrected chi connectivity index (χ0v) is 13.6. The average molecular weight is 338 g/mol. The van der Waals surface area contributed by atoms with Gasteiger partial charge in [0.2, 0.25) is 11.8 Å². The number of benzene rings is 1. The van der Waals surface area contributed by atoms with Crippen LogP contribution in [0.15, 0.2) is 52.5 Å². The van der Waals surface area contributed by atoms with E-state index in [1.54, 1.807) is 11.0 Å². The van der Waals surface area contributed by atoms with Crippen LogP contribution in [0.25, 0.3) is 6.08 Å². The van der Waals surface area contributed by atoms with Gasteiger partial charge in [-0.1, -0.05) is 6.07 Å². The summed E-state index contributed by atoms with van der Waals surface area (Å²) in [5.41, 5.74) is 1.88. The fourth-order valence-corrected chi connectivity index (χ4v) is 3.40. The van der Waals surface area contributed by atoms with Crippen molar-refractivity contribution >= 4 is 40.9 Å². The summed E-state index contributed by atoms with van der Waals surface area (Å²) in [6.07, 6.45) is 3.21. The smallest absolute Gasteiger partial charge is 0.363 e. The van der Waals surface area contributed by atoms with E-state index in [1.165, 1.54) is 11.3 Å². The number of carbonyl (C=O) groups excluding carboxylic acids is 2. The van der Waals surface area contributed by atoms with Crippen LogP contribution in [0.5, 0.6) is 0 Å². The van der Waals surface area contributed by atoms with Crippen molar-refractivity contribution in [3.8, 4) is 0 Å². The van der Waals surface area contributed by atoms with Gasteiger partial charge >= 0.3 is 5.97 Å². The third-order valence-electron chi connectivity index (χ3n) is 3.94. The number of amides is 1. The van der Waals surface area contributed by atoms with Gasteiger partial charge in [0.25, 0.3) is 0 Å². The molecule has 1 aromatic heterocycles. The van der Waals surface area contributed by atoms with Crippen molar-refractivity contribution in [2.45, 2.75) is 12.8 Å². The average Bonchev–Trinajstić information content (AvgIpc) is 3.31. The Morgan fingerprint density at radius 3 is 2.67 bits per heavy atom. The maximum absolute atomic E-state index is 11.9. The highest BCUT2D eigenvalue weighted by Gasteiger charge is 2.25. The Morgan fingerprint density at radius 2 is 2.00 bits per heavy atom. The molecule has 0 saturated carbocycles. The first-order chi connectivity index (χ1) is 11.7. The maximum Gasteiger partial charge on any atom is 0.363 e. The number of nitrogens with zero attached hydrogens (tertiary/aromatic N) is 2. The van der Waals surface area contributed by atoms with Crippen molar-refractivity contribution in [3.63, 3.8) is 0 Å². The number of thiophene rings is 1. The first-order valence-corrected chi connectivity index (χ1v) is 8.55. The second kappa shape index (κ2) is 6.05. The Kier molecular flexibility index (Phi) is 3.74. The molecule has 2 aliphatic rings. The zero-order chi connectivity index (χ0) is 16.5. The summed E-state index contributed by atoms with van der Waals surface area (Å²) in [6, 6.07) is 11.2. The molecule has 120 valence electrons. The van der Waals surface area contributed by atoms with Crippen LogP contribution in [-0.4, -0.2) is 24.3 Å². The number of hydrogen-bond donors (Lipinski definition) is 0. The van der Waals surface area contributed by atoms with Crippen LogP contribution < -0.4 is 4.90 Å². The van der Waals surface area contributed by atoms with E-state index in [0.717, 1.165) is 23.5 Å². The molecular formula is C18H14N2O3S. The van der Waals surface area contributed by atoms with E-state index in [2.05, 4.69) is 4.99 Å². The fraction of sp³-hybridized carbons (Fsp3) is 0.167. The number of hydrogen-bond acceptors (Lipinski definition) is 5. The Bertz CT molecular complexity index is 851. The molecule has 0 unspecified atom stereocenters. The van der Waals surface area contributed by atoms with Gasteiger partial charge in [0.1, 0.15) is 0 Å². The molecule has 2 aromatic rings. The molecule has 1 amide bonds. The molecule has 1 fully saturated rings. The lowest BCUT2D eigenvalue weighted by Gasteiger charge is -2.15. The third-order valence-corrected chi connectivity index (χ3v) is 4.76. The molecule has 1 saturated heterocycles. The lowest BCUT2D eigenvalue weighted by molar-refractivity contribution is -0.130. The molecule has 0 bridgehead atoms. The molecule has 2 aliphatic heterocycles. The normalized spacial score (nSPS) is 19.1. The number of ether oxygens (including phenoxy) is 1. The van der Waals surface area contributed by atoms with Crippen molar-refractivity contribution in [1.29, 1.82) is 0 Å². The molecule has 0 aliphatic carbocycles. The number of esters is 1. The Balaban J connectivity index is 1.58. The van der Waals surface area contributed by atoms with Crippen LogP contribution in [-0.2, 0) is 14.3 Å². The quantitative estimate of drug-likeness (QED) is 0.638. The minimum Gasteiger partial charge on any atom is -0.402 e. The van der Waals surface area contributed by atoms with Gasteiger partial charge in [0, 0.05) is 29.1 Å². The van der Waals surface area contributed by atoms with E-state index in [9.17, 15) is 9.59 Å². The van der Waals surface area contributed by atoms with Crippen molar-refractivity contribution in [3.05, 3.63) is 57.9 Å². The lowest BCUT2D eigenvalue weighted by Crippen LogP contribution is -2.23. The summed E-state index contributed by atoms with van der Waals surface area (Å²) in [6.45, 7) is 0.752. The SMILES string of the molecule is O=C1OC(c2ccc(N3CCCC3=O)cc2)=NC1=Cc1cccs1. The number of aliphatic imine (C=N–C) groups is 1. The molecule has 0 radical (unpaired) electrons. The summed E-state index contributed by atoms with van der Waals surface area (Å²) in [7, 11) is 0. The van der Waals surface area contributed by atoms with E-state index >= 15 is 0 Å². The molecule has 0 atom stereocenters. The highest BCUT2D eigenvalue weighted by atomic mass is 32.1. The van der Waals surface area contributed by atoms with Crippen LogP contribution in [0.3, 0.4) is 0 Å². The van der Waals surface area contributed by atoms with Gasteiger partial charge in [0.15, 0.2) is 5.70 Å². The van der Waals surface area contributed by atoms with E-state index in [0.29, 0.717) is 23.6 Å². The van der Waals surface area contributed by atoms with Crippen LogP contribution in [0.1, 0.15) is 23.3 Å². The number of rotatable bonds is 3. The van der Waals surface area contributed by atoms with Crippen LogP contribution in [0.4, 0.5) is 5.69 Å². The number of cyclic esters (lactones) is 1. The molecule has 24 heavy (non-hydrogen) atoms. The lowest BCUT2D eigenvalue weighted by atomic mass is 10.2. The fourth-order valence-electron chi connectivity index (χ4n) is 2.75. The molecule has 5 nitrogen and oxygen atoms in total. The highest BCUT2D eigenvalue weighted by molar-refractivity contribution is 7.10. The number of carbonyl (C=O) groups is 2. The van der Waals surface area contributed by atoms with Gasteiger partial charge < -0.3 is 9.64 Å². The summed E-state index contributed by atoms with van der Waals surface area (Å²) in [5, 5.41) is 1.94. The minimum absolute atomic E-state index is 0.147. The highest BCUT2D eigenvalue weighted by Crippen LogP contribution is 2.24. The summed E-state index contributed by atoms with van der Waals surface area (Å²) < 4.78 is 5.26. The Morgan fingerprint density at radius 1 is 1.17 bits per heavy atom. The monoisotopic (exact) mass is 338 g/mol. The second-order valence-corrected chi connectivity index (χ2v) is 6.53. The van der Waals surface area contributed by atoms with E-state index in [-0.39, 0.29) is 5.91 Å². The maximum atomic E-state index is 11.9. The van der Waals surface area contributed by atoms with Crippen molar-refractivity contribution < 1.29 is 14.3 Å². The molecule has 3 heterocycles. The molecule has 4 rings (SSSR count). The first-order valence-electron chi connectivity index (χ1n) is 7.67. The van der Waals surface area contributed by atoms with Gasteiger partial charge in [-0.25, -0.2) is 9.79 Å². The van der Waals surface area contributed by atoms with Gasteiger partial charge in [0.05, 0.1) is 0 Å². The molecule has 0 N–H and O–H groups in total. The zero-order valence-electron chi connectivity index (χ0n) is 12.8. The van der Waals surface area contributed by atoms with Crippen molar-refractivity contribution in [2.75, 3.05) is 11.4 Å². The number of anilines is 1. The Labute approximate surface area is 142 Å². The van der Waals surface area contributed by atoms with Crippen LogP contribution in [0, 0.1) is 0 Å². The predicted octanol–water partition coefficient (Wildman–Crippen LogP) is 3.22. The van der Waals surface area contributed by atoms with Crippen molar-refractivity contribution in [2.24, 2.45) is 4.99 Å². The minimum atomic E-state index is -0.447. The van der Waals surface area contributed by atoms with Crippen molar-refractivity contribution in [1.82, 2.24) is 0 Å². The largest absolute Gasteiger partial charge is 0.402 e. The van der Waals surface area contributed by atoms with Gasteiger partial charge in [-0.15, -0.1) is 11.3 Å². The third kappa shape index (κ3) is 2.76. The molecule has 1 aromatic carbocycles. The second-order valence-electron chi connectivity index (χ2n) is 5.55. The van der Waals surface area contributed by atoms with Gasteiger partial charge in [-0.05, 0) is 48.2 Å². The van der Waals surface area contributed by atoms with E-state index in [4.69, 9.17) is 4.74 Å². The summed E-state index contributed by atoms with van der Waals surface area (Å²) in [4.78, 5) is 30.7. The van der Waals surface area contributed by atoms with Gasteiger partial charge in [-0.3, -0.25) is 4.79 Å². The van der Waals surface area contributed by atoms with Gasteiger partial charge in [-0.2, -0.15) is 0 Å². The molecule has 6 heteroatoms.